The highest BCUT2D eigenvalue weighted by Gasteiger charge is 2.23. The summed E-state index contributed by atoms with van der Waals surface area (Å²) in [6.45, 7) is 0.628. The smallest absolute Gasteiger partial charge is 0.323 e. The van der Waals surface area contributed by atoms with Crippen LogP contribution >= 0.6 is 0 Å². The number of fused-ring (bicyclic) bond motifs is 2. The number of carbonyl (C=O) groups is 1. The molecular formula is C29H29NO3. The van der Waals surface area contributed by atoms with Gasteiger partial charge in [-0.05, 0) is 52.1 Å². The molecule has 4 heteroatoms. The second-order valence-electron chi connectivity index (χ2n) is 8.24. The molecule has 168 valence electrons. The number of aliphatic carboxylic acids is 1. The lowest BCUT2D eigenvalue weighted by Crippen LogP contribution is -2.44. The van der Waals surface area contributed by atoms with Gasteiger partial charge in [0.25, 0.3) is 0 Å². The Morgan fingerprint density at radius 3 is 2.21 bits per heavy atom. The van der Waals surface area contributed by atoms with E-state index in [4.69, 9.17) is 0 Å². The van der Waals surface area contributed by atoms with Crippen molar-refractivity contribution in [2.45, 2.75) is 18.9 Å². The average Bonchev–Trinajstić information content (AvgIpc) is 2.84. The number of aliphatic hydroxyl groups excluding tert-OH is 1. The zero-order chi connectivity index (χ0) is 23.0. The minimum absolute atomic E-state index is 0.411. The largest absolute Gasteiger partial charge is 0.480 e. The van der Waals surface area contributed by atoms with E-state index in [0.29, 0.717) is 13.1 Å². The molecule has 0 saturated heterocycles. The van der Waals surface area contributed by atoms with E-state index in [-0.39, 0.29) is 0 Å². The molecule has 0 aliphatic carbocycles. The predicted octanol–water partition coefficient (Wildman–Crippen LogP) is 5.39. The fraction of sp³-hybridized carbons (Fsp3) is 0.207. The summed E-state index contributed by atoms with van der Waals surface area (Å²) < 4.78 is 0. The number of aliphatic hydroxyl groups is 1. The van der Waals surface area contributed by atoms with Crippen molar-refractivity contribution in [2.75, 3.05) is 19.7 Å². The van der Waals surface area contributed by atoms with Gasteiger partial charge in [-0.25, -0.2) is 0 Å². The van der Waals surface area contributed by atoms with Crippen molar-refractivity contribution < 1.29 is 15.0 Å². The van der Waals surface area contributed by atoms with Crippen LogP contribution in [-0.2, 0) is 11.2 Å². The van der Waals surface area contributed by atoms with Gasteiger partial charge in [0.05, 0.1) is 6.61 Å². The fourth-order valence-electron chi connectivity index (χ4n) is 4.42. The lowest BCUT2D eigenvalue weighted by Gasteiger charge is -2.26. The number of hydrogen-bond acceptors (Lipinski definition) is 3. The number of rotatable bonds is 10. The summed E-state index contributed by atoms with van der Waals surface area (Å²) in [5.74, 6) is -0.999. The van der Waals surface area contributed by atoms with Crippen molar-refractivity contribution in [1.29, 1.82) is 0 Å². The highest BCUT2D eigenvalue weighted by molar-refractivity contribution is 5.90. The highest BCUT2D eigenvalue weighted by Crippen LogP contribution is 2.21. The normalized spacial score (nSPS) is 12.7. The van der Waals surface area contributed by atoms with E-state index < -0.39 is 18.6 Å². The van der Waals surface area contributed by atoms with E-state index in [1.54, 1.807) is 0 Å². The van der Waals surface area contributed by atoms with Crippen molar-refractivity contribution >= 4 is 33.6 Å². The van der Waals surface area contributed by atoms with Crippen molar-refractivity contribution in [3.8, 4) is 0 Å². The molecule has 4 aromatic rings. The number of nitrogens with zero attached hydrogens (tertiary/aromatic N) is 1. The molecule has 0 amide bonds. The van der Waals surface area contributed by atoms with Gasteiger partial charge >= 0.3 is 5.97 Å². The van der Waals surface area contributed by atoms with Crippen molar-refractivity contribution in [3.05, 3.63) is 102 Å². The van der Waals surface area contributed by atoms with E-state index in [1.807, 2.05) is 47.4 Å². The van der Waals surface area contributed by atoms with Gasteiger partial charge in [0, 0.05) is 6.54 Å². The molecule has 0 aliphatic rings. The molecule has 4 rings (SSSR count). The molecule has 2 N–H and O–H groups in total. The molecule has 0 radical (unpaired) electrons. The maximum Gasteiger partial charge on any atom is 0.323 e. The number of aryl methyl sites for hydroxylation is 1. The second-order valence-corrected chi connectivity index (χ2v) is 8.24. The third-order valence-corrected chi connectivity index (χ3v) is 6.13. The van der Waals surface area contributed by atoms with Gasteiger partial charge in [-0.15, -0.1) is 0 Å². The molecule has 0 aliphatic heterocycles. The molecule has 1 unspecified atom stereocenters. The maximum absolute atomic E-state index is 11.8. The van der Waals surface area contributed by atoms with Crippen molar-refractivity contribution in [2.24, 2.45) is 0 Å². The van der Waals surface area contributed by atoms with Gasteiger partial charge in [0.2, 0.25) is 0 Å². The van der Waals surface area contributed by atoms with E-state index in [9.17, 15) is 15.0 Å². The summed E-state index contributed by atoms with van der Waals surface area (Å²) >= 11 is 0. The van der Waals surface area contributed by atoms with Gasteiger partial charge in [0.15, 0.2) is 0 Å². The van der Waals surface area contributed by atoms with Crippen LogP contribution in [0.15, 0.2) is 91.0 Å². The molecular weight excluding hydrogens is 410 g/mol. The monoisotopic (exact) mass is 439 g/mol. The first-order valence-corrected chi connectivity index (χ1v) is 11.4. The summed E-state index contributed by atoms with van der Waals surface area (Å²) in [5, 5.41) is 24.2. The van der Waals surface area contributed by atoms with Crippen LogP contribution in [0.5, 0.6) is 0 Å². The van der Waals surface area contributed by atoms with Crippen LogP contribution in [0.2, 0.25) is 0 Å². The first-order chi connectivity index (χ1) is 16.2. The van der Waals surface area contributed by atoms with E-state index >= 15 is 0 Å². The molecule has 0 bridgehead atoms. The molecule has 1 atom stereocenters. The van der Waals surface area contributed by atoms with Gasteiger partial charge in [-0.3, -0.25) is 9.69 Å². The predicted molar refractivity (Wildman–Crippen MR) is 135 cm³/mol. The Balaban J connectivity index is 1.47. The van der Waals surface area contributed by atoms with E-state index in [0.717, 1.165) is 23.8 Å². The highest BCUT2D eigenvalue weighted by atomic mass is 16.4. The van der Waals surface area contributed by atoms with Gasteiger partial charge in [0.1, 0.15) is 6.04 Å². The van der Waals surface area contributed by atoms with Crippen LogP contribution in [0.4, 0.5) is 0 Å². The van der Waals surface area contributed by atoms with Crippen LogP contribution in [0, 0.1) is 0 Å². The molecule has 0 saturated carbocycles. The van der Waals surface area contributed by atoms with E-state index in [2.05, 4.69) is 54.6 Å². The molecule has 0 fully saturated rings. The summed E-state index contributed by atoms with van der Waals surface area (Å²) in [6.07, 6.45) is 5.68. The minimum Gasteiger partial charge on any atom is -0.480 e. The first kappa shape index (κ1) is 22.7. The lowest BCUT2D eigenvalue weighted by molar-refractivity contribution is -0.144. The Hall–Kier alpha value is -3.47. The third-order valence-electron chi connectivity index (χ3n) is 6.13. The zero-order valence-corrected chi connectivity index (χ0v) is 18.6. The van der Waals surface area contributed by atoms with Gasteiger partial charge in [-0.1, -0.05) is 97.1 Å². The number of carboxylic acids is 1. The minimum atomic E-state index is -0.999. The SMILES string of the molecule is O=C(O)C(CO)N(C/C=C/c1cccc2ccccc12)CCCc1cccc2ccccc12. The van der Waals surface area contributed by atoms with E-state index in [1.165, 1.54) is 21.7 Å². The Bertz CT molecular complexity index is 1250. The Labute approximate surface area is 194 Å². The molecule has 0 spiro atoms. The molecule has 0 aromatic heterocycles. The van der Waals surface area contributed by atoms with Crippen molar-refractivity contribution in [3.63, 3.8) is 0 Å². The fourth-order valence-corrected chi connectivity index (χ4v) is 4.42. The molecule has 33 heavy (non-hydrogen) atoms. The Morgan fingerprint density at radius 2 is 1.48 bits per heavy atom. The molecule has 0 heterocycles. The quantitative estimate of drug-likeness (QED) is 0.348. The standard InChI is InChI=1S/C29H29NO3/c31-21-28(29(32)33)30(19-7-15-24-13-5-11-22-9-1-3-17-26(22)24)20-8-16-25-14-6-12-23-10-2-4-18-27(23)25/h1-7,9-15,17-18,28,31H,8,16,19-21H2,(H,32,33)/b15-7+. The van der Waals surface area contributed by atoms with Gasteiger partial charge in [-0.2, -0.15) is 0 Å². The van der Waals surface area contributed by atoms with Crippen LogP contribution in [0.1, 0.15) is 17.5 Å². The average molecular weight is 440 g/mol. The molecule has 4 nitrogen and oxygen atoms in total. The lowest BCUT2D eigenvalue weighted by atomic mass is 10.0. The zero-order valence-electron chi connectivity index (χ0n) is 18.6. The summed E-state index contributed by atoms with van der Waals surface area (Å²) in [7, 11) is 0. The topological polar surface area (TPSA) is 60.8 Å². The number of hydrogen-bond donors (Lipinski definition) is 2. The first-order valence-electron chi connectivity index (χ1n) is 11.4. The summed E-state index contributed by atoms with van der Waals surface area (Å²) in [5.41, 5.74) is 2.36. The van der Waals surface area contributed by atoms with Crippen molar-refractivity contribution in [1.82, 2.24) is 4.90 Å². The Morgan fingerprint density at radius 1 is 0.848 bits per heavy atom. The number of carboxylic acid groups (broad SMARTS) is 1. The van der Waals surface area contributed by atoms with Crippen LogP contribution < -0.4 is 0 Å². The molecule has 4 aromatic carbocycles. The maximum atomic E-state index is 11.8. The van der Waals surface area contributed by atoms with Crippen LogP contribution in [0.25, 0.3) is 27.6 Å². The second kappa shape index (κ2) is 10.9. The van der Waals surface area contributed by atoms with Crippen LogP contribution in [-0.4, -0.2) is 46.8 Å². The Kier molecular flexibility index (Phi) is 7.51. The third kappa shape index (κ3) is 5.48. The van der Waals surface area contributed by atoms with Crippen LogP contribution in [0.3, 0.4) is 0 Å². The summed E-state index contributed by atoms with van der Waals surface area (Å²) in [4.78, 5) is 13.6. The number of benzene rings is 4. The summed E-state index contributed by atoms with van der Waals surface area (Å²) in [6, 6.07) is 28.1. The van der Waals surface area contributed by atoms with Gasteiger partial charge < -0.3 is 10.2 Å².